The lowest BCUT2D eigenvalue weighted by atomic mass is 9.71. The Labute approximate surface area is 191 Å². The van der Waals surface area contributed by atoms with Crippen LogP contribution in [0.3, 0.4) is 0 Å². The van der Waals surface area contributed by atoms with Crippen molar-refractivity contribution in [1.29, 1.82) is 0 Å². The van der Waals surface area contributed by atoms with Crippen molar-refractivity contribution in [2.24, 2.45) is 11.8 Å². The van der Waals surface area contributed by atoms with Gasteiger partial charge >= 0.3 is 6.18 Å². The standard InChI is InChI=1S/C27H28F3N2O/c1-2-19-17-32(16-18-7-9-21(10-8-18)27(28,29)30)14-12-20(19)15-25(32)26(33)23-11-13-31-24-6-4-3-5-22(23)24/h2-11,13,19-20,25-26,33H,1,12,14-17H2/q+1/t19?,20-,25+,26-,32?/m0/s1. The number of quaternary nitrogens is 1. The highest BCUT2D eigenvalue weighted by molar-refractivity contribution is 5.82. The Morgan fingerprint density at radius 1 is 1.12 bits per heavy atom. The molecule has 3 nitrogen and oxygen atoms in total. The first-order valence-corrected chi connectivity index (χ1v) is 11.5. The van der Waals surface area contributed by atoms with Crippen LogP contribution in [-0.4, -0.2) is 33.7 Å². The van der Waals surface area contributed by atoms with Gasteiger partial charge in [-0.2, -0.15) is 13.2 Å². The zero-order valence-corrected chi connectivity index (χ0v) is 18.4. The summed E-state index contributed by atoms with van der Waals surface area (Å²) in [6.45, 7) is 6.39. The summed E-state index contributed by atoms with van der Waals surface area (Å²) in [6.07, 6.45) is 0.648. The highest BCUT2D eigenvalue weighted by Gasteiger charge is 2.54. The number of nitrogens with zero attached hydrogens (tertiary/aromatic N) is 2. The molecule has 2 bridgehead atoms. The lowest BCUT2D eigenvalue weighted by molar-refractivity contribution is -0.984. The van der Waals surface area contributed by atoms with Gasteiger partial charge in [0.2, 0.25) is 0 Å². The van der Waals surface area contributed by atoms with Gasteiger partial charge < -0.3 is 9.59 Å². The molecule has 2 aromatic carbocycles. The topological polar surface area (TPSA) is 33.1 Å². The van der Waals surface area contributed by atoms with Crippen molar-refractivity contribution in [1.82, 2.24) is 4.98 Å². The van der Waals surface area contributed by atoms with Crippen LogP contribution in [0, 0.1) is 11.8 Å². The first-order chi connectivity index (χ1) is 15.8. The summed E-state index contributed by atoms with van der Waals surface area (Å²) in [5, 5.41) is 12.6. The third kappa shape index (κ3) is 3.96. The Morgan fingerprint density at radius 3 is 2.61 bits per heavy atom. The fraction of sp³-hybridized carbons (Fsp3) is 0.370. The number of aromatic nitrogens is 1. The Morgan fingerprint density at radius 2 is 1.88 bits per heavy atom. The average Bonchev–Trinajstić information content (AvgIpc) is 2.83. The van der Waals surface area contributed by atoms with E-state index in [0.717, 1.165) is 60.1 Å². The quantitative estimate of drug-likeness (QED) is 0.386. The minimum atomic E-state index is -4.34. The van der Waals surface area contributed by atoms with Crippen LogP contribution in [-0.2, 0) is 12.7 Å². The monoisotopic (exact) mass is 453 g/mol. The van der Waals surface area contributed by atoms with Gasteiger partial charge in [-0.25, -0.2) is 0 Å². The molecule has 0 saturated carbocycles. The van der Waals surface area contributed by atoms with Crippen molar-refractivity contribution in [2.75, 3.05) is 13.1 Å². The largest absolute Gasteiger partial charge is 0.416 e. The second-order valence-electron chi connectivity index (χ2n) is 9.59. The summed E-state index contributed by atoms with van der Waals surface area (Å²) >= 11 is 0. The van der Waals surface area contributed by atoms with Gasteiger partial charge in [0.05, 0.1) is 24.2 Å². The molecule has 0 aliphatic carbocycles. The number of aliphatic hydroxyl groups excluding tert-OH is 1. The fourth-order valence-corrected chi connectivity index (χ4v) is 6.13. The van der Waals surface area contributed by atoms with Gasteiger partial charge in [-0.05, 0) is 35.7 Å². The van der Waals surface area contributed by atoms with Crippen LogP contribution >= 0.6 is 0 Å². The number of piperidine rings is 3. The van der Waals surface area contributed by atoms with Crippen molar-refractivity contribution in [3.8, 4) is 0 Å². The number of aliphatic hydroxyl groups is 1. The molecule has 33 heavy (non-hydrogen) atoms. The summed E-state index contributed by atoms with van der Waals surface area (Å²) in [5.74, 6) is 0.827. The minimum Gasteiger partial charge on any atom is -0.382 e. The van der Waals surface area contributed by atoms with Gasteiger partial charge in [-0.1, -0.05) is 36.4 Å². The maximum atomic E-state index is 13.1. The van der Waals surface area contributed by atoms with Gasteiger partial charge in [0.25, 0.3) is 0 Å². The molecule has 0 spiro atoms. The van der Waals surface area contributed by atoms with Gasteiger partial charge in [-0.3, -0.25) is 4.98 Å². The molecule has 1 aromatic heterocycles. The summed E-state index contributed by atoms with van der Waals surface area (Å²) in [4.78, 5) is 4.43. The van der Waals surface area contributed by atoms with Crippen LogP contribution in [0.5, 0.6) is 0 Å². The number of halogens is 3. The smallest absolute Gasteiger partial charge is 0.382 e. The molecule has 6 rings (SSSR count). The summed E-state index contributed by atoms with van der Waals surface area (Å²) in [7, 11) is 0. The molecule has 6 heteroatoms. The van der Waals surface area contributed by atoms with E-state index >= 15 is 0 Å². The highest BCUT2D eigenvalue weighted by atomic mass is 19.4. The number of hydrogen-bond donors (Lipinski definition) is 1. The second kappa shape index (κ2) is 8.26. The molecule has 4 heterocycles. The third-order valence-corrected chi connectivity index (χ3v) is 7.82. The van der Waals surface area contributed by atoms with Crippen LogP contribution < -0.4 is 0 Å². The maximum Gasteiger partial charge on any atom is 0.416 e. The lowest BCUT2D eigenvalue weighted by Crippen LogP contribution is -2.67. The number of rotatable bonds is 5. The number of para-hydroxylation sites is 1. The lowest BCUT2D eigenvalue weighted by Gasteiger charge is -2.58. The van der Waals surface area contributed by atoms with E-state index in [-0.39, 0.29) is 6.04 Å². The molecule has 3 aliphatic rings. The minimum absolute atomic E-state index is 0.0342. The molecule has 0 amide bonds. The SMILES string of the molecule is C=CC1C[N+]2(Cc3ccc(C(F)(F)F)cc3)CC[C@H]1C[C@@H]2[C@@H](O)c1ccnc2ccccc12. The Hall–Kier alpha value is -2.70. The van der Waals surface area contributed by atoms with E-state index in [1.54, 1.807) is 18.3 Å². The molecular weight excluding hydrogens is 425 g/mol. The molecular formula is C27H28F3N2O+. The zero-order chi connectivity index (χ0) is 23.2. The molecule has 5 atom stereocenters. The first-order valence-electron chi connectivity index (χ1n) is 11.5. The fourth-order valence-electron chi connectivity index (χ4n) is 6.13. The molecule has 3 aromatic rings. The van der Waals surface area contributed by atoms with E-state index in [4.69, 9.17) is 0 Å². The highest BCUT2D eigenvalue weighted by Crippen LogP contribution is 2.48. The summed E-state index contributed by atoms with van der Waals surface area (Å²) in [6, 6.07) is 15.2. The van der Waals surface area contributed by atoms with Crippen molar-refractivity contribution in [2.45, 2.75) is 37.7 Å². The van der Waals surface area contributed by atoms with Gasteiger partial charge in [0, 0.05) is 35.9 Å². The van der Waals surface area contributed by atoms with Crippen molar-refractivity contribution in [3.63, 3.8) is 0 Å². The number of benzene rings is 2. The second-order valence-corrected chi connectivity index (χ2v) is 9.59. The van der Waals surface area contributed by atoms with E-state index in [9.17, 15) is 18.3 Å². The van der Waals surface area contributed by atoms with E-state index in [0.29, 0.717) is 22.9 Å². The van der Waals surface area contributed by atoms with Crippen LogP contribution in [0.4, 0.5) is 13.2 Å². The predicted molar refractivity (Wildman–Crippen MR) is 122 cm³/mol. The predicted octanol–water partition coefficient (Wildman–Crippen LogP) is 5.90. The van der Waals surface area contributed by atoms with Gasteiger partial charge in [-0.15, -0.1) is 6.58 Å². The Bertz CT molecular complexity index is 1150. The summed E-state index contributed by atoms with van der Waals surface area (Å²) in [5.41, 5.74) is 1.96. The van der Waals surface area contributed by atoms with Gasteiger partial charge in [0.15, 0.2) is 0 Å². The Kier molecular flexibility index (Phi) is 5.53. The molecule has 3 saturated heterocycles. The molecule has 1 N–H and O–H groups in total. The molecule has 3 fully saturated rings. The van der Waals surface area contributed by atoms with Crippen molar-refractivity contribution < 1.29 is 22.8 Å². The normalized spacial score (nSPS) is 28.1. The van der Waals surface area contributed by atoms with Gasteiger partial charge in [0.1, 0.15) is 18.7 Å². The number of hydrogen-bond acceptors (Lipinski definition) is 2. The van der Waals surface area contributed by atoms with E-state index in [1.165, 1.54) is 0 Å². The number of fused-ring (bicyclic) bond motifs is 4. The molecule has 172 valence electrons. The van der Waals surface area contributed by atoms with Crippen LogP contribution in [0.25, 0.3) is 10.9 Å². The molecule has 2 unspecified atom stereocenters. The third-order valence-electron chi connectivity index (χ3n) is 7.82. The Balaban J connectivity index is 1.51. The van der Waals surface area contributed by atoms with E-state index < -0.39 is 17.8 Å². The van der Waals surface area contributed by atoms with Crippen LogP contribution in [0.15, 0.2) is 73.4 Å². The summed E-state index contributed by atoms with van der Waals surface area (Å²) < 4.78 is 39.8. The van der Waals surface area contributed by atoms with Crippen molar-refractivity contribution >= 4 is 10.9 Å². The number of alkyl halides is 3. The molecule has 3 aliphatic heterocycles. The van der Waals surface area contributed by atoms with Crippen molar-refractivity contribution in [3.05, 3.63) is 90.1 Å². The average molecular weight is 454 g/mol. The van der Waals surface area contributed by atoms with E-state index in [2.05, 4.69) is 11.6 Å². The first kappa shape index (κ1) is 22.1. The van der Waals surface area contributed by atoms with Crippen LogP contribution in [0.2, 0.25) is 0 Å². The molecule has 0 radical (unpaired) electrons. The number of pyridine rings is 1. The van der Waals surface area contributed by atoms with Crippen LogP contribution in [0.1, 0.15) is 35.6 Å². The van der Waals surface area contributed by atoms with E-state index in [1.807, 2.05) is 36.4 Å². The zero-order valence-electron chi connectivity index (χ0n) is 18.4. The maximum absolute atomic E-state index is 13.1.